The van der Waals surface area contributed by atoms with Gasteiger partial charge in [-0.15, -0.1) is 0 Å². The number of thiocarbonyl (C=S) groups is 1. The highest BCUT2D eigenvalue weighted by molar-refractivity contribution is 7.80. The Kier molecular flexibility index (Phi) is 5.77. The number of carbonyl (C=O) groups is 3. The van der Waals surface area contributed by atoms with Gasteiger partial charge < -0.3 is 9.67 Å². The Balaban J connectivity index is 1.85. The average molecular weight is 488 g/mol. The van der Waals surface area contributed by atoms with E-state index in [1.807, 2.05) is 0 Å². The summed E-state index contributed by atoms with van der Waals surface area (Å²) in [6.45, 7) is 1.55. The van der Waals surface area contributed by atoms with E-state index >= 15 is 0 Å². The lowest BCUT2D eigenvalue weighted by Crippen LogP contribution is -2.54. The lowest BCUT2D eigenvalue weighted by atomic mass is 10.1. The number of nitrogens with zero attached hydrogens (tertiary/aromatic N) is 2. The topological polar surface area (TPSA) is 91.6 Å². The molecule has 2 amide bonds. The van der Waals surface area contributed by atoms with Gasteiger partial charge in [-0.05, 0) is 43.4 Å². The van der Waals surface area contributed by atoms with Crippen LogP contribution in [0.25, 0.3) is 17.0 Å². The van der Waals surface area contributed by atoms with Crippen LogP contribution in [0.5, 0.6) is 0 Å². The van der Waals surface area contributed by atoms with Crippen molar-refractivity contribution in [3.63, 3.8) is 0 Å². The number of aromatic nitrogens is 1. The fourth-order valence-corrected chi connectivity index (χ4v) is 4.14. The number of anilines is 1. The molecular weight excluding hydrogens is 473 g/mol. The van der Waals surface area contributed by atoms with E-state index in [1.54, 1.807) is 60.2 Å². The number of fused-ring (bicyclic) bond motifs is 1. The Hall–Kier alpha value is -3.20. The summed E-state index contributed by atoms with van der Waals surface area (Å²) in [6, 6.07) is 11.0. The quantitative estimate of drug-likeness (QED) is 0.322. The molecule has 1 fully saturated rings. The molecule has 2 aromatic carbocycles. The predicted octanol–water partition coefficient (Wildman–Crippen LogP) is 4.43. The molecule has 1 aliphatic heterocycles. The van der Waals surface area contributed by atoms with Gasteiger partial charge in [0.05, 0.1) is 15.7 Å². The van der Waals surface area contributed by atoms with E-state index in [2.05, 4.69) is 5.32 Å². The number of benzene rings is 2. The Morgan fingerprint density at radius 3 is 2.59 bits per heavy atom. The Labute approximate surface area is 197 Å². The Morgan fingerprint density at radius 2 is 1.88 bits per heavy atom. The molecule has 1 aliphatic rings. The lowest BCUT2D eigenvalue weighted by molar-refractivity contribution is -0.140. The first-order valence-corrected chi connectivity index (χ1v) is 10.5. The SMILES string of the molecule is C[C@H](C(=O)O)n1cc(/C=C2/C(=O)NC(=S)N(c3cccc(Cl)c3Cl)C2=O)c2ccccc21. The van der Waals surface area contributed by atoms with Crippen LogP contribution in [0.4, 0.5) is 5.69 Å². The molecule has 4 rings (SSSR count). The van der Waals surface area contributed by atoms with Gasteiger partial charge in [-0.25, -0.2) is 4.79 Å². The van der Waals surface area contributed by atoms with E-state index in [-0.39, 0.29) is 26.4 Å². The van der Waals surface area contributed by atoms with Crippen LogP contribution in [0.1, 0.15) is 18.5 Å². The Bertz CT molecular complexity index is 1350. The van der Waals surface area contributed by atoms with E-state index in [9.17, 15) is 19.5 Å². The van der Waals surface area contributed by atoms with Crippen LogP contribution in [0.15, 0.2) is 54.2 Å². The van der Waals surface area contributed by atoms with Crippen molar-refractivity contribution in [2.24, 2.45) is 0 Å². The normalized spacial score (nSPS) is 16.5. The maximum absolute atomic E-state index is 13.3. The molecule has 0 saturated carbocycles. The standard InChI is InChI=1S/C22H15Cl2N3O4S/c1-11(21(30)31)26-10-12(13-5-2-3-7-16(13)26)9-14-19(28)25-22(32)27(20(14)29)17-8-4-6-15(23)18(17)24/h2-11H,1H3,(H,30,31)(H,25,28,32)/b14-9-/t11-/m1/s1. The molecule has 0 aliphatic carbocycles. The van der Waals surface area contributed by atoms with Crippen molar-refractivity contribution in [1.82, 2.24) is 9.88 Å². The van der Waals surface area contributed by atoms with Gasteiger partial charge in [0.15, 0.2) is 5.11 Å². The third-order valence-electron chi connectivity index (χ3n) is 5.12. The number of hydrogen-bond acceptors (Lipinski definition) is 4. The number of carboxylic acid groups (broad SMARTS) is 1. The van der Waals surface area contributed by atoms with Gasteiger partial charge in [-0.1, -0.05) is 47.5 Å². The number of rotatable bonds is 4. The van der Waals surface area contributed by atoms with E-state index in [4.69, 9.17) is 35.4 Å². The third-order valence-corrected chi connectivity index (χ3v) is 6.21. The van der Waals surface area contributed by atoms with Crippen LogP contribution in [0.3, 0.4) is 0 Å². The van der Waals surface area contributed by atoms with E-state index in [1.165, 1.54) is 6.08 Å². The first kappa shape index (κ1) is 22.0. The highest BCUT2D eigenvalue weighted by atomic mass is 35.5. The zero-order valence-electron chi connectivity index (χ0n) is 16.5. The molecule has 0 unspecified atom stereocenters. The monoisotopic (exact) mass is 487 g/mol. The smallest absolute Gasteiger partial charge is 0.326 e. The van der Waals surface area contributed by atoms with Crippen molar-refractivity contribution >= 4 is 81.0 Å². The fourth-order valence-electron chi connectivity index (χ4n) is 3.48. The minimum Gasteiger partial charge on any atom is -0.480 e. The highest BCUT2D eigenvalue weighted by Gasteiger charge is 2.36. The summed E-state index contributed by atoms with van der Waals surface area (Å²) in [6.07, 6.45) is 3.01. The van der Waals surface area contributed by atoms with Crippen molar-refractivity contribution in [1.29, 1.82) is 0 Å². The number of nitrogens with one attached hydrogen (secondary N) is 1. The molecule has 0 bridgehead atoms. The second-order valence-corrected chi connectivity index (χ2v) is 8.23. The average Bonchev–Trinajstić information content (AvgIpc) is 3.12. The third kappa shape index (κ3) is 3.66. The molecule has 0 spiro atoms. The van der Waals surface area contributed by atoms with E-state index in [0.717, 1.165) is 4.90 Å². The molecule has 7 nitrogen and oxygen atoms in total. The molecule has 1 aromatic heterocycles. The van der Waals surface area contributed by atoms with Crippen LogP contribution in [-0.4, -0.2) is 32.6 Å². The van der Waals surface area contributed by atoms with Crippen molar-refractivity contribution in [2.45, 2.75) is 13.0 Å². The molecule has 10 heteroatoms. The molecule has 2 N–H and O–H groups in total. The molecule has 1 atom stereocenters. The molecule has 1 saturated heterocycles. The summed E-state index contributed by atoms with van der Waals surface area (Å²) in [5, 5.41) is 12.9. The molecular formula is C22H15Cl2N3O4S. The zero-order chi connectivity index (χ0) is 23.2. The van der Waals surface area contributed by atoms with E-state index < -0.39 is 23.8 Å². The minimum atomic E-state index is -1.01. The van der Waals surface area contributed by atoms with Gasteiger partial charge in [0.1, 0.15) is 11.6 Å². The number of carbonyl (C=O) groups excluding carboxylic acids is 2. The van der Waals surface area contributed by atoms with Crippen LogP contribution in [0, 0.1) is 0 Å². The predicted molar refractivity (Wildman–Crippen MR) is 127 cm³/mol. The minimum absolute atomic E-state index is 0.118. The fraction of sp³-hybridized carbons (Fsp3) is 0.0909. The highest BCUT2D eigenvalue weighted by Crippen LogP contribution is 2.35. The summed E-state index contributed by atoms with van der Waals surface area (Å²) in [5.74, 6) is -2.35. The molecule has 2 heterocycles. The molecule has 0 radical (unpaired) electrons. The van der Waals surface area contributed by atoms with Gasteiger partial charge in [0.2, 0.25) is 0 Å². The summed E-state index contributed by atoms with van der Waals surface area (Å²) in [4.78, 5) is 38.6. The summed E-state index contributed by atoms with van der Waals surface area (Å²) >= 11 is 17.6. The number of carboxylic acids is 1. The summed E-state index contributed by atoms with van der Waals surface area (Å²) in [5.41, 5.74) is 1.22. The van der Waals surface area contributed by atoms with Crippen LogP contribution < -0.4 is 10.2 Å². The van der Waals surface area contributed by atoms with Crippen molar-refractivity contribution < 1.29 is 19.5 Å². The maximum Gasteiger partial charge on any atom is 0.326 e. The number of para-hydroxylation sites is 1. The number of aliphatic carboxylic acids is 1. The lowest BCUT2D eigenvalue weighted by Gasteiger charge is -2.29. The summed E-state index contributed by atoms with van der Waals surface area (Å²) in [7, 11) is 0. The number of halogens is 2. The Morgan fingerprint density at radius 1 is 1.16 bits per heavy atom. The van der Waals surface area contributed by atoms with Gasteiger partial charge >= 0.3 is 5.97 Å². The second kappa shape index (κ2) is 8.38. The molecule has 3 aromatic rings. The van der Waals surface area contributed by atoms with Gasteiger partial charge in [-0.3, -0.25) is 19.8 Å². The second-order valence-electron chi connectivity index (χ2n) is 7.05. The maximum atomic E-state index is 13.3. The van der Waals surface area contributed by atoms with Crippen LogP contribution in [0.2, 0.25) is 10.0 Å². The van der Waals surface area contributed by atoms with Crippen molar-refractivity contribution in [3.8, 4) is 0 Å². The van der Waals surface area contributed by atoms with Gasteiger partial charge in [-0.2, -0.15) is 0 Å². The molecule has 162 valence electrons. The van der Waals surface area contributed by atoms with Crippen molar-refractivity contribution in [2.75, 3.05) is 4.90 Å². The number of hydrogen-bond donors (Lipinski definition) is 2. The summed E-state index contributed by atoms with van der Waals surface area (Å²) < 4.78 is 1.57. The largest absolute Gasteiger partial charge is 0.480 e. The first-order valence-electron chi connectivity index (χ1n) is 9.38. The zero-order valence-corrected chi connectivity index (χ0v) is 18.8. The van der Waals surface area contributed by atoms with Crippen molar-refractivity contribution in [3.05, 3.63) is 69.8 Å². The van der Waals surface area contributed by atoms with Gasteiger partial charge in [0.25, 0.3) is 11.8 Å². The van der Waals surface area contributed by atoms with Gasteiger partial charge in [0, 0.05) is 22.7 Å². The van der Waals surface area contributed by atoms with E-state index in [0.29, 0.717) is 16.5 Å². The van der Waals surface area contributed by atoms with Crippen LogP contribution >= 0.6 is 35.4 Å². The number of amides is 2. The van der Waals surface area contributed by atoms with Crippen LogP contribution in [-0.2, 0) is 14.4 Å². The molecule has 32 heavy (non-hydrogen) atoms. The first-order chi connectivity index (χ1) is 15.2.